The first kappa shape index (κ1) is 18.4. The van der Waals surface area contributed by atoms with Crippen molar-refractivity contribution >= 4 is 17.6 Å². The average molecular weight is 353 g/mol. The zero-order valence-corrected chi connectivity index (χ0v) is 13.3. The van der Waals surface area contributed by atoms with E-state index in [2.05, 4.69) is 15.3 Å². The molecule has 132 valence electrons. The second kappa shape index (κ2) is 7.29. The Morgan fingerprint density at radius 1 is 1.12 bits per heavy atom. The SMILES string of the molecule is Cc1cnc(C(=O)OC(C)C(=O)Nc2ccc(C(F)(F)F)cc2)cn1. The van der Waals surface area contributed by atoms with E-state index in [-0.39, 0.29) is 11.4 Å². The largest absolute Gasteiger partial charge is 0.448 e. The molecule has 0 radical (unpaired) electrons. The van der Waals surface area contributed by atoms with Gasteiger partial charge in [0, 0.05) is 11.9 Å². The zero-order chi connectivity index (χ0) is 18.6. The lowest BCUT2D eigenvalue weighted by molar-refractivity contribution is -0.137. The first-order valence-corrected chi connectivity index (χ1v) is 7.14. The molecular formula is C16H14F3N3O3. The molecule has 25 heavy (non-hydrogen) atoms. The van der Waals surface area contributed by atoms with Gasteiger partial charge in [0.05, 0.1) is 17.5 Å². The molecule has 1 atom stereocenters. The van der Waals surface area contributed by atoms with Gasteiger partial charge in [0.2, 0.25) is 0 Å². The van der Waals surface area contributed by atoms with Crippen molar-refractivity contribution in [3.63, 3.8) is 0 Å². The number of aromatic nitrogens is 2. The van der Waals surface area contributed by atoms with Crippen molar-refractivity contribution in [3.05, 3.63) is 53.6 Å². The van der Waals surface area contributed by atoms with Crippen molar-refractivity contribution in [3.8, 4) is 0 Å². The fourth-order valence-corrected chi connectivity index (χ4v) is 1.76. The van der Waals surface area contributed by atoms with Crippen LogP contribution in [0.4, 0.5) is 18.9 Å². The van der Waals surface area contributed by atoms with Gasteiger partial charge in [0.15, 0.2) is 11.8 Å². The summed E-state index contributed by atoms with van der Waals surface area (Å²) in [5, 5.41) is 2.37. The van der Waals surface area contributed by atoms with Crippen LogP contribution in [0.15, 0.2) is 36.7 Å². The molecule has 6 nitrogen and oxygen atoms in total. The number of aryl methyl sites for hydroxylation is 1. The first-order chi connectivity index (χ1) is 11.7. The van der Waals surface area contributed by atoms with Crippen molar-refractivity contribution < 1.29 is 27.5 Å². The van der Waals surface area contributed by atoms with Gasteiger partial charge < -0.3 is 10.1 Å². The molecule has 2 rings (SSSR count). The summed E-state index contributed by atoms with van der Waals surface area (Å²) in [7, 11) is 0. The van der Waals surface area contributed by atoms with Crippen LogP contribution in [-0.4, -0.2) is 27.9 Å². The van der Waals surface area contributed by atoms with Crippen LogP contribution in [0.25, 0.3) is 0 Å². The van der Waals surface area contributed by atoms with Crippen LogP contribution < -0.4 is 5.32 Å². The van der Waals surface area contributed by atoms with E-state index in [9.17, 15) is 22.8 Å². The molecular weight excluding hydrogens is 339 g/mol. The Bertz CT molecular complexity index is 759. The van der Waals surface area contributed by atoms with Gasteiger partial charge in [-0.1, -0.05) is 0 Å². The third-order valence-corrected chi connectivity index (χ3v) is 3.12. The van der Waals surface area contributed by atoms with E-state index in [1.54, 1.807) is 6.92 Å². The maximum absolute atomic E-state index is 12.5. The minimum absolute atomic E-state index is 0.0558. The van der Waals surface area contributed by atoms with Crippen LogP contribution >= 0.6 is 0 Å². The quantitative estimate of drug-likeness (QED) is 0.855. The molecule has 1 N–H and O–H groups in total. The summed E-state index contributed by atoms with van der Waals surface area (Å²) in [5.41, 5.74) is -0.122. The highest BCUT2D eigenvalue weighted by molar-refractivity contribution is 5.96. The Balaban J connectivity index is 1.95. The number of carbonyl (C=O) groups is 2. The average Bonchev–Trinajstić information content (AvgIpc) is 2.55. The molecule has 1 amide bonds. The molecule has 0 saturated heterocycles. The third kappa shape index (κ3) is 5.00. The number of alkyl halides is 3. The number of carbonyl (C=O) groups excluding carboxylic acids is 2. The number of anilines is 1. The van der Waals surface area contributed by atoms with Gasteiger partial charge in [-0.15, -0.1) is 0 Å². The first-order valence-electron chi connectivity index (χ1n) is 7.14. The van der Waals surface area contributed by atoms with Crippen molar-refractivity contribution in [2.75, 3.05) is 5.32 Å². The smallest absolute Gasteiger partial charge is 0.416 e. The van der Waals surface area contributed by atoms with Gasteiger partial charge in [-0.25, -0.2) is 9.78 Å². The van der Waals surface area contributed by atoms with Gasteiger partial charge in [-0.3, -0.25) is 9.78 Å². The maximum Gasteiger partial charge on any atom is 0.416 e. The molecule has 0 saturated carbocycles. The summed E-state index contributed by atoms with van der Waals surface area (Å²) in [5.74, 6) is -1.52. The lowest BCUT2D eigenvalue weighted by atomic mass is 10.2. The molecule has 0 fully saturated rings. The van der Waals surface area contributed by atoms with Crippen molar-refractivity contribution in [1.29, 1.82) is 0 Å². The van der Waals surface area contributed by atoms with Crippen LogP contribution in [0.2, 0.25) is 0 Å². The van der Waals surface area contributed by atoms with Crippen LogP contribution in [0, 0.1) is 6.92 Å². The van der Waals surface area contributed by atoms with Gasteiger partial charge in [-0.05, 0) is 38.1 Å². The van der Waals surface area contributed by atoms with Crippen molar-refractivity contribution in [2.24, 2.45) is 0 Å². The molecule has 0 bridgehead atoms. The van der Waals surface area contributed by atoms with E-state index in [0.717, 1.165) is 24.3 Å². The monoisotopic (exact) mass is 353 g/mol. The van der Waals surface area contributed by atoms with Crippen LogP contribution in [-0.2, 0) is 15.7 Å². The molecule has 1 aromatic heterocycles. The summed E-state index contributed by atoms with van der Waals surface area (Å²) < 4.78 is 42.4. The minimum Gasteiger partial charge on any atom is -0.448 e. The normalized spacial score (nSPS) is 12.4. The Morgan fingerprint density at radius 2 is 1.76 bits per heavy atom. The number of nitrogens with one attached hydrogen (secondary N) is 1. The zero-order valence-electron chi connectivity index (χ0n) is 13.3. The predicted octanol–water partition coefficient (Wildman–Crippen LogP) is 2.99. The van der Waals surface area contributed by atoms with E-state index < -0.39 is 29.7 Å². The van der Waals surface area contributed by atoms with E-state index in [0.29, 0.717) is 5.69 Å². The van der Waals surface area contributed by atoms with E-state index in [4.69, 9.17) is 4.74 Å². The molecule has 0 aliphatic heterocycles. The molecule has 1 heterocycles. The minimum atomic E-state index is -4.46. The number of nitrogens with zero attached hydrogens (tertiary/aromatic N) is 2. The second-order valence-corrected chi connectivity index (χ2v) is 5.15. The molecule has 2 aromatic rings. The Labute approximate surface area is 141 Å². The summed E-state index contributed by atoms with van der Waals surface area (Å²) in [6, 6.07) is 3.91. The van der Waals surface area contributed by atoms with Crippen molar-refractivity contribution in [2.45, 2.75) is 26.1 Å². The van der Waals surface area contributed by atoms with Crippen LogP contribution in [0.1, 0.15) is 28.7 Å². The molecule has 0 aliphatic rings. The second-order valence-electron chi connectivity index (χ2n) is 5.15. The predicted molar refractivity (Wildman–Crippen MR) is 81.7 cm³/mol. The lowest BCUT2D eigenvalue weighted by Gasteiger charge is -2.14. The highest BCUT2D eigenvalue weighted by atomic mass is 19.4. The molecule has 1 aromatic carbocycles. The summed E-state index contributed by atoms with van der Waals surface area (Å²) in [6.07, 6.45) is -3.03. The van der Waals surface area contributed by atoms with Gasteiger partial charge in [0.1, 0.15) is 0 Å². The maximum atomic E-state index is 12.5. The summed E-state index contributed by atoms with van der Waals surface area (Å²) in [6.45, 7) is 3.03. The third-order valence-electron chi connectivity index (χ3n) is 3.12. The fourth-order valence-electron chi connectivity index (χ4n) is 1.76. The number of benzene rings is 1. The molecule has 9 heteroatoms. The fraction of sp³-hybridized carbons (Fsp3) is 0.250. The van der Waals surface area contributed by atoms with Gasteiger partial charge in [0.25, 0.3) is 5.91 Å². The number of ether oxygens (including phenoxy) is 1. The van der Waals surface area contributed by atoms with E-state index in [1.165, 1.54) is 19.3 Å². The molecule has 0 spiro atoms. The summed E-state index contributed by atoms with van der Waals surface area (Å²) >= 11 is 0. The number of amides is 1. The summed E-state index contributed by atoms with van der Waals surface area (Å²) in [4.78, 5) is 31.5. The number of hydrogen-bond acceptors (Lipinski definition) is 5. The molecule has 0 aliphatic carbocycles. The van der Waals surface area contributed by atoms with Crippen LogP contribution in [0.3, 0.4) is 0 Å². The van der Waals surface area contributed by atoms with Crippen LogP contribution in [0.5, 0.6) is 0 Å². The van der Waals surface area contributed by atoms with Crippen molar-refractivity contribution in [1.82, 2.24) is 9.97 Å². The van der Waals surface area contributed by atoms with E-state index >= 15 is 0 Å². The van der Waals surface area contributed by atoms with E-state index in [1.807, 2.05) is 0 Å². The standard InChI is InChI=1S/C16H14F3N3O3/c1-9-7-21-13(8-20-9)15(24)25-10(2)14(23)22-12-5-3-11(4-6-12)16(17,18)19/h3-8,10H,1-2H3,(H,22,23). The number of esters is 1. The van der Waals surface area contributed by atoms with Gasteiger partial charge >= 0.3 is 12.1 Å². The highest BCUT2D eigenvalue weighted by Gasteiger charge is 2.30. The molecule has 1 unspecified atom stereocenters. The number of hydrogen-bond donors (Lipinski definition) is 1. The topological polar surface area (TPSA) is 81.2 Å². The highest BCUT2D eigenvalue weighted by Crippen LogP contribution is 2.29. The van der Waals surface area contributed by atoms with Gasteiger partial charge in [-0.2, -0.15) is 13.2 Å². The number of halogens is 3. The Kier molecular flexibility index (Phi) is 5.35. The Hall–Kier alpha value is -2.97. The lowest BCUT2D eigenvalue weighted by Crippen LogP contribution is -2.30. The number of rotatable bonds is 4. The Morgan fingerprint density at radius 3 is 2.28 bits per heavy atom.